The lowest BCUT2D eigenvalue weighted by Crippen LogP contribution is -2.29. The second-order valence-corrected chi connectivity index (χ2v) is 3.45. The molecule has 0 aromatic carbocycles. The molecule has 0 aromatic heterocycles. The Kier molecular flexibility index (Phi) is 2.85. The molecular formula is C9H16F2. The van der Waals surface area contributed by atoms with Crippen molar-refractivity contribution in [2.75, 3.05) is 0 Å². The number of hydrogen-bond donors (Lipinski definition) is 0. The molecule has 0 heterocycles. The summed E-state index contributed by atoms with van der Waals surface area (Å²) in [6, 6.07) is 0. The molecule has 0 saturated heterocycles. The van der Waals surface area contributed by atoms with Gasteiger partial charge in [-0.2, -0.15) is 0 Å². The van der Waals surface area contributed by atoms with Crippen LogP contribution in [0.5, 0.6) is 0 Å². The van der Waals surface area contributed by atoms with Gasteiger partial charge in [0.05, 0.1) is 0 Å². The summed E-state index contributed by atoms with van der Waals surface area (Å²) in [4.78, 5) is 0. The van der Waals surface area contributed by atoms with Crippen LogP contribution in [-0.4, -0.2) is 5.92 Å². The van der Waals surface area contributed by atoms with Gasteiger partial charge in [-0.15, -0.1) is 0 Å². The summed E-state index contributed by atoms with van der Waals surface area (Å²) in [5, 5.41) is 0. The third-order valence-electron chi connectivity index (χ3n) is 2.67. The number of halogens is 2. The third-order valence-corrected chi connectivity index (χ3v) is 2.67. The summed E-state index contributed by atoms with van der Waals surface area (Å²) in [6.07, 6.45) is 4.64. The highest BCUT2D eigenvalue weighted by Crippen LogP contribution is 2.38. The number of rotatable bonds is 2. The van der Waals surface area contributed by atoms with Crippen LogP contribution in [0.25, 0.3) is 0 Å². The fourth-order valence-electron chi connectivity index (χ4n) is 1.81. The molecule has 0 nitrogen and oxygen atoms in total. The zero-order chi connectivity index (χ0) is 8.32. The molecule has 1 aliphatic rings. The van der Waals surface area contributed by atoms with Crippen molar-refractivity contribution >= 4 is 0 Å². The van der Waals surface area contributed by atoms with Crippen LogP contribution in [0.4, 0.5) is 8.78 Å². The van der Waals surface area contributed by atoms with E-state index in [0.29, 0.717) is 0 Å². The minimum Gasteiger partial charge on any atom is -0.207 e. The van der Waals surface area contributed by atoms with Crippen molar-refractivity contribution in [3.05, 3.63) is 0 Å². The Morgan fingerprint density at radius 3 is 2.18 bits per heavy atom. The zero-order valence-electron chi connectivity index (χ0n) is 7.08. The van der Waals surface area contributed by atoms with Crippen LogP contribution in [0.3, 0.4) is 0 Å². The van der Waals surface area contributed by atoms with Crippen LogP contribution in [0.1, 0.15) is 45.4 Å². The summed E-state index contributed by atoms with van der Waals surface area (Å²) in [6.45, 7) is 1.58. The van der Waals surface area contributed by atoms with Gasteiger partial charge in [0, 0.05) is 12.3 Å². The van der Waals surface area contributed by atoms with Crippen molar-refractivity contribution in [1.82, 2.24) is 0 Å². The Morgan fingerprint density at radius 2 is 1.73 bits per heavy atom. The van der Waals surface area contributed by atoms with E-state index < -0.39 is 5.92 Å². The Bertz CT molecular complexity index is 115. The standard InChI is InChI=1S/C9H16F2/c1-2-9(10,11)8-6-4-3-5-7-8/h8H,2-7H2,1H3. The zero-order valence-corrected chi connectivity index (χ0v) is 7.08. The van der Waals surface area contributed by atoms with Gasteiger partial charge in [0.25, 0.3) is 5.92 Å². The molecule has 1 saturated carbocycles. The highest BCUT2D eigenvalue weighted by Gasteiger charge is 2.37. The summed E-state index contributed by atoms with van der Waals surface area (Å²) in [5.41, 5.74) is 0. The van der Waals surface area contributed by atoms with Crippen LogP contribution in [0.15, 0.2) is 0 Å². The van der Waals surface area contributed by atoms with E-state index in [4.69, 9.17) is 0 Å². The average molecular weight is 162 g/mol. The third kappa shape index (κ3) is 2.14. The molecule has 0 spiro atoms. The summed E-state index contributed by atoms with van der Waals surface area (Å²) in [5.74, 6) is -2.71. The molecule has 11 heavy (non-hydrogen) atoms. The van der Waals surface area contributed by atoms with Gasteiger partial charge in [0.2, 0.25) is 0 Å². The lowest BCUT2D eigenvalue weighted by molar-refractivity contribution is -0.0733. The largest absolute Gasteiger partial charge is 0.250 e. The Morgan fingerprint density at radius 1 is 1.18 bits per heavy atom. The normalized spacial score (nSPS) is 22.1. The van der Waals surface area contributed by atoms with Gasteiger partial charge in [-0.3, -0.25) is 0 Å². The molecule has 0 amide bonds. The van der Waals surface area contributed by atoms with E-state index >= 15 is 0 Å². The minimum absolute atomic E-state index is 0.0116. The van der Waals surface area contributed by atoms with Crippen molar-refractivity contribution in [2.24, 2.45) is 5.92 Å². The molecule has 0 aliphatic heterocycles. The second-order valence-electron chi connectivity index (χ2n) is 3.45. The van der Waals surface area contributed by atoms with Crippen LogP contribution in [0, 0.1) is 5.92 Å². The van der Waals surface area contributed by atoms with Crippen molar-refractivity contribution in [2.45, 2.75) is 51.4 Å². The SMILES string of the molecule is CCC(F)(F)C1CCCCC1. The topological polar surface area (TPSA) is 0 Å². The van der Waals surface area contributed by atoms with E-state index in [1.165, 1.54) is 0 Å². The van der Waals surface area contributed by atoms with Crippen molar-refractivity contribution in [1.29, 1.82) is 0 Å². The van der Waals surface area contributed by atoms with E-state index in [9.17, 15) is 8.78 Å². The molecule has 1 aliphatic carbocycles. The molecule has 66 valence electrons. The molecule has 0 unspecified atom stereocenters. The maximum absolute atomic E-state index is 13.0. The number of alkyl halides is 2. The first-order chi connectivity index (χ1) is 5.17. The minimum atomic E-state index is -2.39. The summed E-state index contributed by atoms with van der Waals surface area (Å²) in [7, 11) is 0. The van der Waals surface area contributed by atoms with Gasteiger partial charge in [-0.05, 0) is 12.8 Å². The highest BCUT2D eigenvalue weighted by atomic mass is 19.3. The smallest absolute Gasteiger partial charge is 0.207 e. The first-order valence-corrected chi connectivity index (χ1v) is 4.54. The van der Waals surface area contributed by atoms with E-state index in [1.54, 1.807) is 6.92 Å². The van der Waals surface area contributed by atoms with Crippen LogP contribution in [0.2, 0.25) is 0 Å². The molecule has 0 aromatic rings. The molecule has 0 N–H and O–H groups in total. The summed E-state index contributed by atoms with van der Waals surface area (Å²) < 4.78 is 26.1. The van der Waals surface area contributed by atoms with E-state index in [2.05, 4.69) is 0 Å². The molecule has 0 bridgehead atoms. The van der Waals surface area contributed by atoms with Crippen molar-refractivity contribution in [3.63, 3.8) is 0 Å². The van der Waals surface area contributed by atoms with Crippen LogP contribution >= 0.6 is 0 Å². The van der Waals surface area contributed by atoms with Crippen LogP contribution in [-0.2, 0) is 0 Å². The van der Waals surface area contributed by atoms with Gasteiger partial charge in [-0.25, -0.2) is 8.78 Å². The first kappa shape index (κ1) is 8.95. The molecule has 1 fully saturated rings. The predicted octanol–water partition coefficient (Wildman–Crippen LogP) is 3.61. The van der Waals surface area contributed by atoms with E-state index in [-0.39, 0.29) is 12.3 Å². The molecule has 0 atom stereocenters. The molecule has 0 radical (unpaired) electrons. The average Bonchev–Trinajstić information content (AvgIpc) is 2.06. The van der Waals surface area contributed by atoms with Gasteiger partial charge in [0.15, 0.2) is 0 Å². The predicted molar refractivity (Wildman–Crippen MR) is 41.8 cm³/mol. The maximum Gasteiger partial charge on any atom is 0.250 e. The van der Waals surface area contributed by atoms with Crippen molar-refractivity contribution in [3.8, 4) is 0 Å². The second kappa shape index (κ2) is 3.51. The van der Waals surface area contributed by atoms with Crippen LogP contribution < -0.4 is 0 Å². The monoisotopic (exact) mass is 162 g/mol. The lowest BCUT2D eigenvalue weighted by Gasteiger charge is -2.28. The lowest BCUT2D eigenvalue weighted by atomic mass is 9.84. The Hall–Kier alpha value is -0.140. The molecule has 1 rings (SSSR count). The molecule has 2 heteroatoms. The highest BCUT2D eigenvalue weighted by molar-refractivity contribution is 4.78. The summed E-state index contributed by atoms with van der Waals surface area (Å²) >= 11 is 0. The van der Waals surface area contributed by atoms with E-state index in [1.807, 2.05) is 0 Å². The van der Waals surface area contributed by atoms with Gasteiger partial charge in [-0.1, -0.05) is 26.2 Å². The van der Waals surface area contributed by atoms with Gasteiger partial charge < -0.3 is 0 Å². The Labute approximate surface area is 67.0 Å². The van der Waals surface area contributed by atoms with E-state index in [0.717, 1.165) is 32.1 Å². The first-order valence-electron chi connectivity index (χ1n) is 4.54. The maximum atomic E-state index is 13.0. The number of hydrogen-bond acceptors (Lipinski definition) is 0. The fourth-order valence-corrected chi connectivity index (χ4v) is 1.81. The fraction of sp³-hybridized carbons (Fsp3) is 1.00. The van der Waals surface area contributed by atoms with Gasteiger partial charge >= 0.3 is 0 Å². The molecular weight excluding hydrogens is 146 g/mol. The Balaban J connectivity index is 2.43. The van der Waals surface area contributed by atoms with Gasteiger partial charge in [0.1, 0.15) is 0 Å². The van der Waals surface area contributed by atoms with Crippen molar-refractivity contribution < 1.29 is 8.78 Å². The quantitative estimate of drug-likeness (QED) is 0.581.